The highest BCUT2D eigenvalue weighted by atomic mass is 79.9. The van der Waals surface area contributed by atoms with E-state index in [-0.39, 0.29) is 12.7 Å². The molecular formula is C20H17BrN4O3S. The molecule has 1 amide bonds. The van der Waals surface area contributed by atoms with Crippen molar-refractivity contribution in [2.24, 2.45) is 10.1 Å². The zero-order valence-electron chi connectivity index (χ0n) is 15.5. The van der Waals surface area contributed by atoms with Crippen molar-refractivity contribution in [3.05, 3.63) is 57.0 Å². The number of carbonyl (C=O) groups is 1. The summed E-state index contributed by atoms with van der Waals surface area (Å²) in [4.78, 5) is 17.9. The number of hydrogen-bond donors (Lipinski definition) is 1. The van der Waals surface area contributed by atoms with Crippen molar-refractivity contribution in [1.82, 2.24) is 10.3 Å². The summed E-state index contributed by atoms with van der Waals surface area (Å²) < 4.78 is 11.8. The van der Waals surface area contributed by atoms with Crippen LogP contribution in [0.3, 0.4) is 0 Å². The molecule has 0 spiro atoms. The summed E-state index contributed by atoms with van der Waals surface area (Å²) in [6, 6.07) is 11.4. The molecule has 1 unspecified atom stereocenters. The second-order valence-electron chi connectivity index (χ2n) is 6.65. The molecule has 9 heteroatoms. The number of fused-ring (bicyclic) bond motifs is 3. The fourth-order valence-corrected chi connectivity index (χ4v) is 4.66. The number of hydrogen-bond acceptors (Lipinski definition) is 7. The molecule has 0 bridgehead atoms. The molecule has 0 fully saturated rings. The fraction of sp³-hybridized carbons (Fsp3) is 0.250. The van der Waals surface area contributed by atoms with E-state index in [1.54, 1.807) is 5.01 Å². The SMILES string of the molecule is CCCSC1=NN2C(=c3ccccc3=NC2c2cc3c(cc2Br)OCO3)C(=O)N1. The Bertz CT molecular complexity index is 1170. The predicted molar refractivity (Wildman–Crippen MR) is 114 cm³/mol. The zero-order valence-corrected chi connectivity index (χ0v) is 17.9. The van der Waals surface area contributed by atoms with Crippen molar-refractivity contribution >= 4 is 44.5 Å². The summed E-state index contributed by atoms with van der Waals surface area (Å²) in [5, 5.41) is 11.5. The summed E-state index contributed by atoms with van der Waals surface area (Å²) in [6.07, 6.45) is 0.479. The second kappa shape index (κ2) is 7.38. The molecule has 0 saturated carbocycles. The Hall–Kier alpha value is -2.52. The van der Waals surface area contributed by atoms with Gasteiger partial charge in [-0.3, -0.25) is 15.1 Å². The quantitative estimate of drug-likeness (QED) is 0.742. The van der Waals surface area contributed by atoms with E-state index in [0.717, 1.165) is 32.8 Å². The number of ether oxygens (including phenoxy) is 2. The van der Waals surface area contributed by atoms with Crippen LogP contribution >= 0.6 is 27.7 Å². The number of para-hydroxylation sites is 1. The Balaban J connectivity index is 1.70. The lowest BCUT2D eigenvalue weighted by Crippen LogP contribution is -2.50. The molecule has 3 aliphatic heterocycles. The van der Waals surface area contributed by atoms with Crippen LogP contribution in [0.25, 0.3) is 5.70 Å². The first-order valence-corrected chi connectivity index (χ1v) is 11.0. The van der Waals surface area contributed by atoms with Crippen molar-refractivity contribution in [2.45, 2.75) is 19.5 Å². The highest BCUT2D eigenvalue weighted by Crippen LogP contribution is 2.42. The summed E-state index contributed by atoms with van der Waals surface area (Å²) in [5.41, 5.74) is 1.34. The van der Waals surface area contributed by atoms with Crippen LogP contribution in [0.2, 0.25) is 0 Å². The Morgan fingerprint density at radius 2 is 2.07 bits per heavy atom. The van der Waals surface area contributed by atoms with Gasteiger partial charge in [0.2, 0.25) is 6.79 Å². The Morgan fingerprint density at radius 1 is 1.28 bits per heavy atom. The van der Waals surface area contributed by atoms with Gasteiger partial charge in [-0.2, -0.15) is 0 Å². The molecule has 1 atom stereocenters. The van der Waals surface area contributed by atoms with Crippen LogP contribution in [0, 0.1) is 0 Å². The summed E-state index contributed by atoms with van der Waals surface area (Å²) in [6.45, 7) is 2.28. The largest absolute Gasteiger partial charge is 0.454 e. The van der Waals surface area contributed by atoms with Gasteiger partial charge >= 0.3 is 0 Å². The molecule has 1 N–H and O–H groups in total. The minimum atomic E-state index is -0.507. The molecule has 3 heterocycles. The Labute approximate surface area is 179 Å². The van der Waals surface area contributed by atoms with Crippen LogP contribution in [0.1, 0.15) is 25.1 Å². The van der Waals surface area contributed by atoms with Gasteiger partial charge in [-0.25, -0.2) is 5.01 Å². The number of nitrogens with one attached hydrogen (secondary N) is 1. The molecule has 0 radical (unpaired) electrons. The van der Waals surface area contributed by atoms with Crippen molar-refractivity contribution in [3.8, 4) is 11.5 Å². The van der Waals surface area contributed by atoms with E-state index in [2.05, 4.69) is 28.2 Å². The van der Waals surface area contributed by atoms with Crippen molar-refractivity contribution in [3.63, 3.8) is 0 Å². The predicted octanol–water partition coefficient (Wildman–Crippen LogP) is 2.46. The van der Waals surface area contributed by atoms with Gasteiger partial charge in [-0.05, 0) is 24.6 Å². The number of thioether (sulfide) groups is 1. The molecule has 3 aliphatic rings. The first-order valence-electron chi connectivity index (χ1n) is 9.24. The van der Waals surface area contributed by atoms with E-state index in [0.29, 0.717) is 22.4 Å². The van der Waals surface area contributed by atoms with E-state index in [4.69, 9.17) is 19.6 Å². The van der Waals surface area contributed by atoms with Gasteiger partial charge in [0.1, 0.15) is 5.70 Å². The first-order chi connectivity index (χ1) is 14.2. The van der Waals surface area contributed by atoms with Crippen LogP contribution in [-0.2, 0) is 4.79 Å². The lowest BCUT2D eigenvalue weighted by Gasteiger charge is -2.34. The van der Waals surface area contributed by atoms with Gasteiger partial charge in [0, 0.05) is 21.0 Å². The van der Waals surface area contributed by atoms with Crippen molar-refractivity contribution < 1.29 is 14.3 Å². The number of amidine groups is 1. The zero-order chi connectivity index (χ0) is 20.0. The van der Waals surface area contributed by atoms with E-state index >= 15 is 0 Å². The molecule has 7 nitrogen and oxygen atoms in total. The number of rotatable bonds is 3. The molecule has 2 aromatic carbocycles. The maximum absolute atomic E-state index is 13.0. The molecule has 5 rings (SSSR count). The number of benzene rings is 2. The fourth-order valence-electron chi connectivity index (χ4n) is 3.42. The van der Waals surface area contributed by atoms with Crippen LogP contribution in [0.15, 0.2) is 51.0 Å². The third-order valence-electron chi connectivity index (χ3n) is 4.73. The third kappa shape index (κ3) is 3.18. The van der Waals surface area contributed by atoms with Crippen LogP contribution in [0.5, 0.6) is 11.5 Å². The number of hydrazone groups is 1. The van der Waals surface area contributed by atoms with Crippen molar-refractivity contribution in [1.29, 1.82) is 0 Å². The third-order valence-corrected chi connectivity index (χ3v) is 6.48. The summed E-state index contributed by atoms with van der Waals surface area (Å²) >= 11 is 5.15. The van der Waals surface area contributed by atoms with Gasteiger partial charge in [-0.15, -0.1) is 5.10 Å². The van der Waals surface area contributed by atoms with Crippen LogP contribution < -0.4 is 25.4 Å². The van der Waals surface area contributed by atoms with E-state index in [1.807, 2.05) is 36.4 Å². The lowest BCUT2D eigenvalue weighted by atomic mass is 10.1. The van der Waals surface area contributed by atoms with Gasteiger partial charge in [0.05, 0.1) is 5.36 Å². The Kier molecular flexibility index (Phi) is 4.71. The van der Waals surface area contributed by atoms with E-state index in [9.17, 15) is 4.79 Å². The molecule has 29 heavy (non-hydrogen) atoms. The smallest absolute Gasteiger partial charge is 0.276 e. The van der Waals surface area contributed by atoms with Crippen LogP contribution in [-0.4, -0.2) is 28.6 Å². The van der Waals surface area contributed by atoms with Gasteiger partial charge in [0.15, 0.2) is 22.8 Å². The minimum Gasteiger partial charge on any atom is -0.454 e. The normalized spacial score (nSPS) is 19.2. The molecular weight excluding hydrogens is 456 g/mol. The van der Waals surface area contributed by atoms with Gasteiger partial charge < -0.3 is 9.47 Å². The second-order valence-corrected chi connectivity index (χ2v) is 8.59. The Morgan fingerprint density at radius 3 is 2.90 bits per heavy atom. The molecule has 2 aromatic rings. The summed E-state index contributed by atoms with van der Waals surface area (Å²) in [5.74, 6) is 2.03. The molecule has 0 saturated heterocycles. The first kappa shape index (κ1) is 18.5. The highest BCUT2D eigenvalue weighted by molar-refractivity contribution is 9.10. The lowest BCUT2D eigenvalue weighted by molar-refractivity contribution is -0.116. The van der Waals surface area contributed by atoms with E-state index < -0.39 is 6.17 Å². The average Bonchev–Trinajstić information content (AvgIpc) is 3.18. The van der Waals surface area contributed by atoms with E-state index in [1.165, 1.54) is 11.8 Å². The number of amides is 1. The highest BCUT2D eigenvalue weighted by Gasteiger charge is 2.36. The number of halogens is 1. The molecule has 0 aliphatic carbocycles. The minimum absolute atomic E-state index is 0.178. The monoisotopic (exact) mass is 472 g/mol. The topological polar surface area (TPSA) is 75.5 Å². The van der Waals surface area contributed by atoms with Crippen molar-refractivity contribution in [2.75, 3.05) is 12.5 Å². The number of nitrogens with zero attached hydrogens (tertiary/aromatic N) is 3. The maximum atomic E-state index is 13.0. The standard InChI is InChI=1S/C20H17BrN4O3S/c1-2-7-29-20-23-19(26)17-11-5-3-4-6-14(11)22-18(25(17)24-20)12-8-15-16(9-13(12)21)28-10-27-15/h3-6,8-9,18H,2,7,10H2,1H3,(H,23,24,26). The molecule has 0 aromatic heterocycles. The maximum Gasteiger partial charge on any atom is 0.276 e. The van der Waals surface area contributed by atoms with Crippen LogP contribution in [0.4, 0.5) is 0 Å². The molecule has 148 valence electrons. The van der Waals surface area contributed by atoms with Gasteiger partial charge in [-0.1, -0.05) is 52.8 Å². The summed E-state index contributed by atoms with van der Waals surface area (Å²) in [7, 11) is 0. The van der Waals surface area contributed by atoms with Gasteiger partial charge in [0.25, 0.3) is 5.91 Å². The number of carbonyl (C=O) groups excluding carboxylic acids is 1. The average molecular weight is 473 g/mol.